The highest BCUT2D eigenvalue weighted by Crippen LogP contribution is 2.20. The first-order valence-electron chi connectivity index (χ1n) is 7.45. The molecule has 0 amide bonds. The highest BCUT2D eigenvalue weighted by atomic mass is 15.1. The van der Waals surface area contributed by atoms with Crippen LogP contribution in [0, 0.1) is 6.92 Å². The number of nitrogens with two attached hydrogens (primary N) is 1. The van der Waals surface area contributed by atoms with E-state index in [1.54, 1.807) is 0 Å². The first-order valence-corrected chi connectivity index (χ1v) is 7.45. The summed E-state index contributed by atoms with van der Waals surface area (Å²) in [5.41, 5.74) is 11.7. The first-order chi connectivity index (χ1) is 10.2. The average molecular weight is 279 g/mol. The van der Waals surface area contributed by atoms with Crippen molar-refractivity contribution in [1.29, 1.82) is 0 Å². The molecule has 1 aromatic heterocycles. The summed E-state index contributed by atoms with van der Waals surface area (Å²) in [6, 6.07) is 15.0. The fraction of sp³-hybridized carbons (Fsp3) is 0.278. The van der Waals surface area contributed by atoms with Crippen LogP contribution in [0.3, 0.4) is 0 Å². The molecule has 0 radical (unpaired) electrons. The largest absolute Gasteiger partial charge is 0.328 e. The molecule has 0 saturated heterocycles. The minimum Gasteiger partial charge on any atom is -0.328 e. The lowest BCUT2D eigenvalue weighted by atomic mass is 10.1. The molecule has 3 nitrogen and oxygen atoms in total. The predicted molar refractivity (Wildman–Crippen MR) is 87.3 cm³/mol. The number of aryl methyl sites for hydroxylation is 2. The van der Waals surface area contributed by atoms with Crippen LogP contribution >= 0.6 is 0 Å². The van der Waals surface area contributed by atoms with Crippen molar-refractivity contribution in [2.24, 2.45) is 5.73 Å². The number of benzene rings is 2. The van der Waals surface area contributed by atoms with Crippen molar-refractivity contribution in [2.75, 3.05) is 0 Å². The Balaban J connectivity index is 2.02. The van der Waals surface area contributed by atoms with Gasteiger partial charge in [0.05, 0.1) is 11.0 Å². The van der Waals surface area contributed by atoms with Gasteiger partial charge in [-0.2, -0.15) is 0 Å². The number of fused-ring (bicyclic) bond motifs is 1. The van der Waals surface area contributed by atoms with E-state index in [1.807, 2.05) is 0 Å². The van der Waals surface area contributed by atoms with E-state index in [2.05, 4.69) is 60.9 Å². The smallest absolute Gasteiger partial charge is 0.114 e. The third-order valence-corrected chi connectivity index (χ3v) is 3.93. The fourth-order valence-corrected chi connectivity index (χ4v) is 2.73. The number of hydrogen-bond acceptors (Lipinski definition) is 2. The van der Waals surface area contributed by atoms with Crippen LogP contribution in [-0.4, -0.2) is 9.55 Å². The molecule has 2 N–H and O–H groups in total. The van der Waals surface area contributed by atoms with Crippen molar-refractivity contribution < 1.29 is 0 Å². The van der Waals surface area contributed by atoms with Crippen LogP contribution in [0.4, 0.5) is 0 Å². The Morgan fingerprint density at radius 2 is 1.76 bits per heavy atom. The zero-order valence-electron chi connectivity index (χ0n) is 12.6. The molecular formula is C18H21N3. The second-order valence-corrected chi connectivity index (χ2v) is 5.46. The summed E-state index contributed by atoms with van der Waals surface area (Å²) in [6.45, 7) is 5.76. The zero-order valence-corrected chi connectivity index (χ0v) is 12.6. The Kier molecular flexibility index (Phi) is 3.76. The molecular weight excluding hydrogens is 258 g/mol. The third-order valence-electron chi connectivity index (χ3n) is 3.93. The molecule has 0 bridgehead atoms. The lowest BCUT2D eigenvalue weighted by Crippen LogP contribution is -2.02. The predicted octanol–water partition coefficient (Wildman–Crippen LogP) is 3.41. The molecule has 3 heteroatoms. The van der Waals surface area contributed by atoms with Crippen molar-refractivity contribution in [3.05, 3.63) is 65.0 Å². The van der Waals surface area contributed by atoms with Gasteiger partial charge >= 0.3 is 0 Å². The van der Waals surface area contributed by atoms with Crippen LogP contribution in [-0.2, 0) is 19.5 Å². The van der Waals surface area contributed by atoms with Gasteiger partial charge in [0.2, 0.25) is 0 Å². The van der Waals surface area contributed by atoms with Gasteiger partial charge in [-0.3, -0.25) is 0 Å². The molecule has 2 aromatic carbocycles. The van der Waals surface area contributed by atoms with Crippen LogP contribution in [0.1, 0.15) is 29.4 Å². The van der Waals surface area contributed by atoms with Crippen molar-refractivity contribution in [2.45, 2.75) is 33.4 Å². The van der Waals surface area contributed by atoms with Gasteiger partial charge in [0, 0.05) is 19.5 Å². The van der Waals surface area contributed by atoms with Crippen molar-refractivity contribution in [3.8, 4) is 0 Å². The number of hydrogen-bond donors (Lipinski definition) is 1. The van der Waals surface area contributed by atoms with Crippen molar-refractivity contribution in [3.63, 3.8) is 0 Å². The maximum atomic E-state index is 5.72. The summed E-state index contributed by atoms with van der Waals surface area (Å²) in [6.07, 6.45) is 0.862. The summed E-state index contributed by atoms with van der Waals surface area (Å²) in [5, 5.41) is 0. The topological polar surface area (TPSA) is 43.8 Å². The van der Waals surface area contributed by atoms with Crippen molar-refractivity contribution in [1.82, 2.24) is 9.55 Å². The zero-order chi connectivity index (χ0) is 14.8. The van der Waals surface area contributed by atoms with Gasteiger partial charge < -0.3 is 10.3 Å². The minimum atomic E-state index is 0.558. The molecule has 0 atom stereocenters. The molecule has 1 heterocycles. The van der Waals surface area contributed by atoms with Gasteiger partial charge in [-0.25, -0.2) is 4.98 Å². The molecule has 0 aliphatic heterocycles. The third kappa shape index (κ3) is 2.69. The van der Waals surface area contributed by atoms with Gasteiger partial charge in [0.25, 0.3) is 0 Å². The normalized spacial score (nSPS) is 11.2. The summed E-state index contributed by atoms with van der Waals surface area (Å²) < 4.78 is 2.29. The van der Waals surface area contributed by atoms with Gasteiger partial charge in [0.15, 0.2) is 0 Å². The van der Waals surface area contributed by atoms with Crippen LogP contribution in [0.5, 0.6) is 0 Å². The van der Waals surface area contributed by atoms with Crippen LogP contribution < -0.4 is 5.73 Å². The standard InChI is InChI=1S/C18H21N3/c1-3-21-17-9-8-15(12-19)10-16(17)20-18(21)11-14-6-4-13(2)5-7-14/h4-10H,3,11-12,19H2,1-2H3. The fourth-order valence-electron chi connectivity index (χ4n) is 2.73. The van der Waals surface area contributed by atoms with E-state index in [0.717, 1.165) is 29.9 Å². The maximum Gasteiger partial charge on any atom is 0.114 e. The number of imidazole rings is 1. The van der Waals surface area contributed by atoms with E-state index in [9.17, 15) is 0 Å². The molecule has 108 valence electrons. The maximum absolute atomic E-state index is 5.72. The van der Waals surface area contributed by atoms with Crippen molar-refractivity contribution >= 4 is 11.0 Å². The molecule has 0 unspecified atom stereocenters. The van der Waals surface area contributed by atoms with E-state index in [1.165, 1.54) is 16.6 Å². The average Bonchev–Trinajstić information content (AvgIpc) is 2.85. The van der Waals surface area contributed by atoms with E-state index in [-0.39, 0.29) is 0 Å². The van der Waals surface area contributed by atoms with E-state index in [0.29, 0.717) is 6.54 Å². The van der Waals surface area contributed by atoms with E-state index < -0.39 is 0 Å². The number of aromatic nitrogens is 2. The number of nitrogens with zero attached hydrogens (tertiary/aromatic N) is 2. The SMILES string of the molecule is CCn1c(Cc2ccc(C)cc2)nc2cc(CN)ccc21. The van der Waals surface area contributed by atoms with Gasteiger partial charge in [-0.05, 0) is 37.1 Å². The van der Waals surface area contributed by atoms with Gasteiger partial charge in [-0.1, -0.05) is 35.9 Å². The number of rotatable bonds is 4. The molecule has 21 heavy (non-hydrogen) atoms. The summed E-state index contributed by atoms with van der Waals surface area (Å²) in [7, 11) is 0. The van der Waals surface area contributed by atoms with Gasteiger partial charge in [0.1, 0.15) is 5.82 Å². The minimum absolute atomic E-state index is 0.558. The molecule has 3 aromatic rings. The molecule has 3 rings (SSSR count). The second-order valence-electron chi connectivity index (χ2n) is 5.46. The van der Waals surface area contributed by atoms with Crippen LogP contribution in [0.15, 0.2) is 42.5 Å². The molecule has 0 spiro atoms. The summed E-state index contributed by atoms with van der Waals surface area (Å²) >= 11 is 0. The lowest BCUT2D eigenvalue weighted by molar-refractivity contribution is 0.733. The Morgan fingerprint density at radius 1 is 1.05 bits per heavy atom. The quantitative estimate of drug-likeness (QED) is 0.795. The first kappa shape index (κ1) is 13.8. The van der Waals surface area contributed by atoms with E-state index >= 15 is 0 Å². The monoisotopic (exact) mass is 279 g/mol. The van der Waals surface area contributed by atoms with E-state index in [4.69, 9.17) is 10.7 Å². The lowest BCUT2D eigenvalue weighted by Gasteiger charge is -2.06. The Labute approximate surface area is 125 Å². The summed E-state index contributed by atoms with van der Waals surface area (Å²) in [5.74, 6) is 1.12. The molecule has 0 fully saturated rings. The Hall–Kier alpha value is -2.13. The molecule has 0 aliphatic carbocycles. The summed E-state index contributed by atoms with van der Waals surface area (Å²) in [4.78, 5) is 4.82. The van der Waals surface area contributed by atoms with Gasteiger partial charge in [-0.15, -0.1) is 0 Å². The molecule has 0 saturated carbocycles. The highest BCUT2D eigenvalue weighted by Gasteiger charge is 2.10. The highest BCUT2D eigenvalue weighted by molar-refractivity contribution is 5.77. The second kappa shape index (κ2) is 5.70. The van der Waals surface area contributed by atoms with Crippen LogP contribution in [0.2, 0.25) is 0 Å². The van der Waals surface area contributed by atoms with Crippen LogP contribution in [0.25, 0.3) is 11.0 Å². The Bertz CT molecular complexity index is 754. The molecule has 0 aliphatic rings. The Morgan fingerprint density at radius 3 is 2.43 bits per heavy atom.